The molecule has 0 aromatic heterocycles. The van der Waals surface area contributed by atoms with E-state index in [0.29, 0.717) is 5.54 Å². The summed E-state index contributed by atoms with van der Waals surface area (Å²) in [6.45, 7) is 10.6. The SMILES string of the molecule is C=C/C=C\C=C/[NH2+]C(C)(CCCCC)CCCCC. The van der Waals surface area contributed by atoms with Crippen LogP contribution >= 0.6 is 0 Å². The van der Waals surface area contributed by atoms with E-state index in [-0.39, 0.29) is 0 Å². The Balaban J connectivity index is 4.24. The van der Waals surface area contributed by atoms with Crippen LogP contribution in [0.2, 0.25) is 0 Å². The summed E-state index contributed by atoms with van der Waals surface area (Å²) < 4.78 is 0. The first-order valence-corrected chi connectivity index (χ1v) is 7.98. The van der Waals surface area contributed by atoms with E-state index in [0.717, 1.165) is 0 Å². The molecule has 0 saturated carbocycles. The first kappa shape index (κ1) is 18.2. The molecule has 0 heterocycles. The molecule has 0 aromatic carbocycles. The van der Waals surface area contributed by atoms with Crippen LogP contribution < -0.4 is 5.32 Å². The van der Waals surface area contributed by atoms with Crippen molar-refractivity contribution < 1.29 is 5.32 Å². The lowest BCUT2D eigenvalue weighted by molar-refractivity contribution is -0.667. The van der Waals surface area contributed by atoms with Gasteiger partial charge in [-0.05, 0) is 25.8 Å². The minimum Gasteiger partial charge on any atom is -0.315 e. The Bertz CT molecular complexity index is 253. The molecule has 0 bridgehead atoms. The van der Waals surface area contributed by atoms with Crippen molar-refractivity contribution in [3.05, 3.63) is 37.1 Å². The summed E-state index contributed by atoms with van der Waals surface area (Å²) in [5.41, 5.74) is 0.378. The van der Waals surface area contributed by atoms with E-state index >= 15 is 0 Å². The maximum absolute atomic E-state index is 3.68. The predicted octanol–water partition coefficient (Wildman–Crippen LogP) is 4.73. The monoisotopic (exact) mass is 264 g/mol. The summed E-state index contributed by atoms with van der Waals surface area (Å²) in [6, 6.07) is 0. The molecule has 0 aliphatic heterocycles. The number of allylic oxidation sites excluding steroid dienone is 4. The zero-order valence-electron chi connectivity index (χ0n) is 13.3. The molecule has 0 fully saturated rings. The van der Waals surface area contributed by atoms with Crippen molar-refractivity contribution >= 4 is 0 Å². The molecule has 0 spiro atoms. The number of rotatable bonds is 12. The van der Waals surface area contributed by atoms with Gasteiger partial charge >= 0.3 is 0 Å². The second kappa shape index (κ2) is 12.2. The number of hydrogen-bond donors (Lipinski definition) is 1. The topological polar surface area (TPSA) is 16.6 Å². The zero-order chi connectivity index (χ0) is 14.4. The Hall–Kier alpha value is -0.820. The molecular weight excluding hydrogens is 230 g/mol. The molecule has 0 amide bonds. The van der Waals surface area contributed by atoms with Crippen LogP contribution in [0, 0.1) is 0 Å². The standard InChI is InChI=1S/C18H33N/c1-5-8-11-14-17-19-18(4,15-12-9-6-2)16-13-10-7-3/h5,8,11,14,17,19H,1,6-7,9-10,12-13,15-16H2,2-4H3/p+1/b11-8-,17-14-. The lowest BCUT2D eigenvalue weighted by atomic mass is 9.88. The van der Waals surface area contributed by atoms with Crippen molar-refractivity contribution in [2.24, 2.45) is 0 Å². The van der Waals surface area contributed by atoms with Crippen LogP contribution in [-0.2, 0) is 0 Å². The fourth-order valence-corrected chi connectivity index (χ4v) is 2.34. The molecule has 1 nitrogen and oxygen atoms in total. The third kappa shape index (κ3) is 10.8. The van der Waals surface area contributed by atoms with Gasteiger partial charge in [0.25, 0.3) is 0 Å². The second-order valence-corrected chi connectivity index (χ2v) is 5.74. The van der Waals surface area contributed by atoms with Crippen molar-refractivity contribution in [1.82, 2.24) is 0 Å². The van der Waals surface area contributed by atoms with Crippen LogP contribution in [0.15, 0.2) is 37.1 Å². The second-order valence-electron chi connectivity index (χ2n) is 5.74. The van der Waals surface area contributed by atoms with Crippen LogP contribution in [0.4, 0.5) is 0 Å². The molecule has 1 heteroatoms. The lowest BCUT2D eigenvalue weighted by Gasteiger charge is -2.26. The summed E-state index contributed by atoms with van der Waals surface area (Å²) in [4.78, 5) is 0. The Morgan fingerprint density at radius 2 is 1.47 bits per heavy atom. The average Bonchev–Trinajstić information content (AvgIpc) is 2.39. The van der Waals surface area contributed by atoms with Crippen molar-refractivity contribution in [2.75, 3.05) is 0 Å². The Kier molecular flexibility index (Phi) is 11.7. The summed E-state index contributed by atoms with van der Waals surface area (Å²) in [7, 11) is 0. The average molecular weight is 264 g/mol. The number of unbranched alkanes of at least 4 members (excludes halogenated alkanes) is 4. The molecule has 2 N–H and O–H groups in total. The van der Waals surface area contributed by atoms with Gasteiger partial charge in [-0.3, -0.25) is 0 Å². The van der Waals surface area contributed by atoms with E-state index in [1.807, 2.05) is 18.2 Å². The predicted molar refractivity (Wildman–Crippen MR) is 87.1 cm³/mol. The van der Waals surface area contributed by atoms with Gasteiger partial charge in [-0.2, -0.15) is 0 Å². The van der Waals surface area contributed by atoms with E-state index in [4.69, 9.17) is 0 Å². The Morgan fingerprint density at radius 1 is 0.895 bits per heavy atom. The van der Waals surface area contributed by atoms with Crippen molar-refractivity contribution in [1.29, 1.82) is 0 Å². The van der Waals surface area contributed by atoms with E-state index in [2.05, 4.69) is 44.9 Å². The van der Waals surface area contributed by atoms with Gasteiger partial charge in [0.1, 0.15) is 0 Å². The van der Waals surface area contributed by atoms with E-state index in [9.17, 15) is 0 Å². The van der Waals surface area contributed by atoms with Crippen LogP contribution in [0.3, 0.4) is 0 Å². The van der Waals surface area contributed by atoms with Gasteiger partial charge in [0.15, 0.2) is 0 Å². The highest BCUT2D eigenvalue weighted by Crippen LogP contribution is 2.18. The van der Waals surface area contributed by atoms with Crippen LogP contribution in [0.1, 0.15) is 72.1 Å². The van der Waals surface area contributed by atoms with Crippen molar-refractivity contribution in [3.8, 4) is 0 Å². The van der Waals surface area contributed by atoms with Gasteiger partial charge in [-0.1, -0.05) is 64.3 Å². The lowest BCUT2D eigenvalue weighted by Crippen LogP contribution is -2.91. The highest BCUT2D eigenvalue weighted by molar-refractivity contribution is 5.06. The molecule has 0 aromatic rings. The molecular formula is C18H34N+. The van der Waals surface area contributed by atoms with E-state index in [1.54, 1.807) is 0 Å². The minimum atomic E-state index is 0.378. The molecule has 0 aliphatic rings. The molecule has 19 heavy (non-hydrogen) atoms. The van der Waals surface area contributed by atoms with Gasteiger partial charge < -0.3 is 5.32 Å². The van der Waals surface area contributed by atoms with Gasteiger partial charge in [0, 0.05) is 12.8 Å². The Morgan fingerprint density at radius 3 is 1.95 bits per heavy atom. The van der Waals surface area contributed by atoms with E-state index in [1.165, 1.54) is 51.4 Å². The molecule has 0 rings (SSSR count). The highest BCUT2D eigenvalue weighted by atomic mass is 14.9. The summed E-state index contributed by atoms with van der Waals surface area (Å²) in [5.74, 6) is 0. The molecule has 0 saturated heterocycles. The van der Waals surface area contributed by atoms with Crippen LogP contribution in [0.5, 0.6) is 0 Å². The van der Waals surface area contributed by atoms with Gasteiger partial charge in [-0.25, -0.2) is 0 Å². The fourth-order valence-electron chi connectivity index (χ4n) is 2.34. The highest BCUT2D eigenvalue weighted by Gasteiger charge is 2.25. The summed E-state index contributed by atoms with van der Waals surface area (Å²) in [5, 5.41) is 2.41. The zero-order valence-corrected chi connectivity index (χ0v) is 13.3. The van der Waals surface area contributed by atoms with Crippen molar-refractivity contribution in [3.63, 3.8) is 0 Å². The minimum absolute atomic E-state index is 0.378. The largest absolute Gasteiger partial charge is 0.315 e. The van der Waals surface area contributed by atoms with Gasteiger partial charge in [0.2, 0.25) is 0 Å². The summed E-state index contributed by atoms with van der Waals surface area (Å²) >= 11 is 0. The number of hydrogen-bond acceptors (Lipinski definition) is 0. The van der Waals surface area contributed by atoms with Gasteiger partial charge in [-0.15, -0.1) is 0 Å². The maximum atomic E-state index is 3.68. The van der Waals surface area contributed by atoms with Crippen LogP contribution in [0.25, 0.3) is 0 Å². The van der Waals surface area contributed by atoms with Gasteiger partial charge in [0.05, 0.1) is 11.7 Å². The quantitative estimate of drug-likeness (QED) is 0.388. The third-order valence-electron chi connectivity index (χ3n) is 3.67. The molecule has 110 valence electrons. The molecule has 0 atom stereocenters. The molecule has 0 unspecified atom stereocenters. The number of quaternary nitrogens is 1. The maximum Gasteiger partial charge on any atom is 0.0974 e. The molecule has 0 radical (unpaired) electrons. The first-order chi connectivity index (χ1) is 9.18. The van der Waals surface area contributed by atoms with Crippen LogP contribution in [-0.4, -0.2) is 5.54 Å². The fraction of sp³-hybridized carbons (Fsp3) is 0.667. The molecule has 0 aliphatic carbocycles. The first-order valence-electron chi connectivity index (χ1n) is 7.98. The smallest absolute Gasteiger partial charge is 0.0974 e. The third-order valence-corrected chi connectivity index (χ3v) is 3.67. The Labute approximate surface area is 120 Å². The van der Waals surface area contributed by atoms with E-state index < -0.39 is 0 Å². The summed E-state index contributed by atoms with van der Waals surface area (Å²) in [6.07, 6.45) is 20.8. The van der Waals surface area contributed by atoms with Crippen molar-refractivity contribution in [2.45, 2.75) is 77.7 Å². The number of nitrogens with two attached hydrogens (primary N) is 1. The normalized spacial score (nSPS) is 12.6.